The number of likely N-dealkylation sites (tertiary alicyclic amines) is 1. The zero-order valence-corrected chi connectivity index (χ0v) is 11.8. The van der Waals surface area contributed by atoms with Crippen LogP contribution in [0.15, 0.2) is 0 Å². The summed E-state index contributed by atoms with van der Waals surface area (Å²) in [4.78, 5) is 25.2. The van der Waals surface area contributed by atoms with Crippen LogP contribution in [0, 0.1) is 0 Å². The average molecular weight is 270 g/mol. The number of carbonyl (C=O) groups excluding carboxylic acids is 2. The van der Waals surface area contributed by atoms with Crippen molar-refractivity contribution in [3.8, 4) is 0 Å². The molecule has 2 fully saturated rings. The second-order valence-electron chi connectivity index (χ2n) is 6.33. The first-order chi connectivity index (χ1) is 8.80. The molecular weight excluding hydrogens is 248 g/mol. The Kier molecular flexibility index (Phi) is 3.71. The minimum absolute atomic E-state index is 0.105. The molecular formula is C13H22N2O4. The molecule has 6 nitrogen and oxygen atoms in total. The predicted octanol–water partition coefficient (Wildman–Crippen LogP) is 0.902. The molecule has 0 radical (unpaired) electrons. The summed E-state index contributed by atoms with van der Waals surface area (Å²) in [6.45, 7) is 7.20. The van der Waals surface area contributed by atoms with E-state index >= 15 is 0 Å². The summed E-state index contributed by atoms with van der Waals surface area (Å²) >= 11 is 0. The van der Waals surface area contributed by atoms with E-state index in [0.29, 0.717) is 19.7 Å². The highest BCUT2D eigenvalue weighted by atomic mass is 16.6. The van der Waals surface area contributed by atoms with Gasteiger partial charge in [0.1, 0.15) is 12.2 Å². The standard InChI is InChI=1S/C13H22N2O4/c1-12(2,3)19-11(17)15-6-4-5-13(8-15)9-18-7-10(16)14-13/h4-9H2,1-3H3,(H,14,16). The Morgan fingerprint density at radius 2 is 2.21 bits per heavy atom. The molecule has 0 aromatic rings. The molecule has 0 bridgehead atoms. The quantitative estimate of drug-likeness (QED) is 0.710. The van der Waals surface area contributed by atoms with Gasteiger partial charge in [-0.15, -0.1) is 0 Å². The highest BCUT2D eigenvalue weighted by Crippen LogP contribution is 2.25. The van der Waals surface area contributed by atoms with Gasteiger partial charge in [-0.3, -0.25) is 4.79 Å². The summed E-state index contributed by atoms with van der Waals surface area (Å²) in [7, 11) is 0. The van der Waals surface area contributed by atoms with Gasteiger partial charge in [0.15, 0.2) is 0 Å². The molecule has 0 aliphatic carbocycles. The minimum Gasteiger partial charge on any atom is -0.444 e. The molecule has 1 N–H and O–H groups in total. The molecule has 0 aromatic heterocycles. The van der Waals surface area contributed by atoms with E-state index in [1.165, 1.54) is 0 Å². The number of morpholine rings is 1. The first-order valence-electron chi connectivity index (χ1n) is 6.66. The van der Waals surface area contributed by atoms with Crippen LogP contribution >= 0.6 is 0 Å². The van der Waals surface area contributed by atoms with Crippen molar-refractivity contribution in [3.63, 3.8) is 0 Å². The Balaban J connectivity index is 2.00. The zero-order valence-electron chi connectivity index (χ0n) is 11.8. The van der Waals surface area contributed by atoms with Crippen LogP contribution in [0.5, 0.6) is 0 Å². The third-order valence-electron chi connectivity index (χ3n) is 3.24. The van der Waals surface area contributed by atoms with E-state index in [2.05, 4.69) is 5.32 Å². The van der Waals surface area contributed by atoms with Crippen LogP contribution in [0.3, 0.4) is 0 Å². The Morgan fingerprint density at radius 1 is 1.47 bits per heavy atom. The Labute approximate surface area is 113 Å². The van der Waals surface area contributed by atoms with Gasteiger partial charge in [-0.25, -0.2) is 4.79 Å². The summed E-state index contributed by atoms with van der Waals surface area (Å²) in [5.41, 5.74) is -0.946. The SMILES string of the molecule is CC(C)(C)OC(=O)N1CCCC2(COCC(=O)N2)C1. The van der Waals surface area contributed by atoms with Gasteiger partial charge in [-0.2, -0.15) is 0 Å². The summed E-state index contributed by atoms with van der Waals surface area (Å²) in [5.74, 6) is -0.114. The van der Waals surface area contributed by atoms with Gasteiger partial charge in [0.05, 0.1) is 12.1 Å². The van der Waals surface area contributed by atoms with E-state index in [9.17, 15) is 9.59 Å². The molecule has 1 atom stereocenters. The molecule has 2 aliphatic rings. The number of nitrogens with zero attached hydrogens (tertiary/aromatic N) is 1. The molecule has 2 heterocycles. The third kappa shape index (κ3) is 3.59. The van der Waals surface area contributed by atoms with Crippen LogP contribution in [-0.4, -0.2) is 54.3 Å². The second kappa shape index (κ2) is 5.00. The summed E-state index contributed by atoms with van der Waals surface area (Å²) in [6, 6.07) is 0. The molecule has 2 aliphatic heterocycles. The van der Waals surface area contributed by atoms with Crippen LogP contribution in [-0.2, 0) is 14.3 Å². The molecule has 2 saturated heterocycles. The van der Waals surface area contributed by atoms with Gasteiger partial charge in [-0.05, 0) is 33.6 Å². The maximum atomic E-state index is 12.1. The van der Waals surface area contributed by atoms with Crippen LogP contribution in [0.2, 0.25) is 0 Å². The minimum atomic E-state index is -0.506. The molecule has 19 heavy (non-hydrogen) atoms. The van der Waals surface area contributed by atoms with Crippen LogP contribution in [0.25, 0.3) is 0 Å². The van der Waals surface area contributed by atoms with E-state index in [1.807, 2.05) is 20.8 Å². The maximum absolute atomic E-state index is 12.1. The fourth-order valence-electron chi connectivity index (χ4n) is 2.54. The molecule has 0 aromatic carbocycles. The van der Waals surface area contributed by atoms with Crippen LogP contribution < -0.4 is 5.32 Å². The van der Waals surface area contributed by atoms with Crippen LogP contribution in [0.4, 0.5) is 4.79 Å². The number of carbonyl (C=O) groups is 2. The van der Waals surface area contributed by atoms with E-state index in [1.54, 1.807) is 4.90 Å². The smallest absolute Gasteiger partial charge is 0.410 e. The van der Waals surface area contributed by atoms with Gasteiger partial charge in [0, 0.05) is 13.1 Å². The largest absolute Gasteiger partial charge is 0.444 e. The van der Waals surface area contributed by atoms with Crippen molar-refractivity contribution in [3.05, 3.63) is 0 Å². The summed E-state index contributed by atoms with van der Waals surface area (Å²) in [6.07, 6.45) is 1.34. The Morgan fingerprint density at radius 3 is 2.84 bits per heavy atom. The van der Waals surface area contributed by atoms with Gasteiger partial charge < -0.3 is 19.7 Å². The van der Waals surface area contributed by atoms with E-state index in [4.69, 9.17) is 9.47 Å². The van der Waals surface area contributed by atoms with Gasteiger partial charge in [0.25, 0.3) is 0 Å². The molecule has 6 heteroatoms. The monoisotopic (exact) mass is 270 g/mol. The van der Waals surface area contributed by atoms with E-state index in [0.717, 1.165) is 12.8 Å². The van der Waals surface area contributed by atoms with Crippen LogP contribution in [0.1, 0.15) is 33.6 Å². The predicted molar refractivity (Wildman–Crippen MR) is 68.7 cm³/mol. The number of amides is 2. The first-order valence-corrected chi connectivity index (χ1v) is 6.66. The van der Waals surface area contributed by atoms with Crippen molar-refractivity contribution in [2.75, 3.05) is 26.3 Å². The Bertz CT molecular complexity index is 373. The number of hydrogen-bond donors (Lipinski definition) is 1. The molecule has 0 saturated carbocycles. The second-order valence-corrected chi connectivity index (χ2v) is 6.33. The lowest BCUT2D eigenvalue weighted by atomic mass is 9.89. The third-order valence-corrected chi connectivity index (χ3v) is 3.24. The van der Waals surface area contributed by atoms with Gasteiger partial charge >= 0.3 is 6.09 Å². The lowest BCUT2D eigenvalue weighted by Gasteiger charge is -2.44. The van der Waals surface area contributed by atoms with E-state index in [-0.39, 0.29) is 18.6 Å². The van der Waals surface area contributed by atoms with Crippen molar-refractivity contribution in [1.82, 2.24) is 10.2 Å². The molecule has 1 unspecified atom stereocenters. The molecule has 1 spiro atoms. The van der Waals surface area contributed by atoms with Crippen molar-refractivity contribution in [2.24, 2.45) is 0 Å². The highest BCUT2D eigenvalue weighted by molar-refractivity contribution is 5.79. The summed E-state index contributed by atoms with van der Waals surface area (Å²) < 4.78 is 10.7. The van der Waals surface area contributed by atoms with Crippen molar-refractivity contribution in [1.29, 1.82) is 0 Å². The molecule has 2 amide bonds. The number of rotatable bonds is 0. The van der Waals surface area contributed by atoms with Gasteiger partial charge in [0.2, 0.25) is 5.91 Å². The number of ether oxygens (including phenoxy) is 2. The maximum Gasteiger partial charge on any atom is 0.410 e. The number of hydrogen-bond acceptors (Lipinski definition) is 4. The molecule has 108 valence electrons. The van der Waals surface area contributed by atoms with Gasteiger partial charge in [-0.1, -0.05) is 0 Å². The van der Waals surface area contributed by atoms with E-state index < -0.39 is 11.1 Å². The normalized spacial score (nSPS) is 28.2. The highest BCUT2D eigenvalue weighted by Gasteiger charge is 2.41. The first kappa shape index (κ1) is 14.1. The lowest BCUT2D eigenvalue weighted by Crippen LogP contribution is -2.65. The summed E-state index contributed by atoms with van der Waals surface area (Å²) in [5, 5.41) is 2.97. The van der Waals surface area contributed by atoms with Crippen molar-refractivity contribution in [2.45, 2.75) is 44.8 Å². The van der Waals surface area contributed by atoms with Crippen molar-refractivity contribution < 1.29 is 19.1 Å². The fourth-order valence-corrected chi connectivity index (χ4v) is 2.54. The molecule has 2 rings (SSSR count). The topological polar surface area (TPSA) is 67.9 Å². The lowest BCUT2D eigenvalue weighted by molar-refractivity contribution is -0.137. The number of piperidine rings is 1. The Hall–Kier alpha value is -1.30. The zero-order chi connectivity index (χ0) is 14.1. The average Bonchev–Trinajstić information content (AvgIpc) is 2.26. The number of nitrogens with one attached hydrogen (secondary N) is 1. The fraction of sp³-hybridized carbons (Fsp3) is 0.846. The van der Waals surface area contributed by atoms with Crippen molar-refractivity contribution >= 4 is 12.0 Å².